The molecule has 3 nitrogen and oxygen atoms in total. The Morgan fingerprint density at radius 2 is 2.21 bits per heavy atom. The highest BCUT2D eigenvalue weighted by atomic mass is 35.5. The molecule has 1 atom stereocenters. The van der Waals surface area contributed by atoms with Crippen molar-refractivity contribution in [3.05, 3.63) is 34.9 Å². The molecule has 104 valence electrons. The summed E-state index contributed by atoms with van der Waals surface area (Å²) >= 11 is 6.15. The highest BCUT2D eigenvalue weighted by molar-refractivity contribution is 6.31. The van der Waals surface area contributed by atoms with Crippen LogP contribution in [0.15, 0.2) is 24.3 Å². The molecule has 1 aromatic rings. The summed E-state index contributed by atoms with van der Waals surface area (Å²) in [7, 11) is 1.85. The highest BCUT2D eigenvalue weighted by Crippen LogP contribution is 2.26. The first-order chi connectivity index (χ1) is 9.09. The van der Waals surface area contributed by atoms with Crippen LogP contribution in [0.5, 0.6) is 0 Å². The van der Waals surface area contributed by atoms with Crippen molar-refractivity contribution in [2.45, 2.75) is 38.3 Å². The van der Waals surface area contributed by atoms with E-state index in [2.05, 4.69) is 12.2 Å². The highest BCUT2D eigenvalue weighted by Gasteiger charge is 2.40. The third kappa shape index (κ3) is 2.93. The molecule has 0 spiro atoms. The number of carbonyl (C=O) groups is 1. The van der Waals surface area contributed by atoms with Gasteiger partial charge in [0.2, 0.25) is 5.91 Å². The van der Waals surface area contributed by atoms with Crippen molar-refractivity contribution in [1.29, 1.82) is 0 Å². The maximum Gasteiger partial charge on any atom is 0.242 e. The summed E-state index contributed by atoms with van der Waals surface area (Å²) in [6.45, 7) is 3.56. The smallest absolute Gasteiger partial charge is 0.242 e. The average molecular weight is 281 g/mol. The lowest BCUT2D eigenvalue weighted by Crippen LogP contribution is -2.53. The van der Waals surface area contributed by atoms with Crippen LogP contribution in [-0.2, 0) is 11.3 Å². The molecule has 1 aliphatic heterocycles. The van der Waals surface area contributed by atoms with Gasteiger partial charge in [0.1, 0.15) is 0 Å². The summed E-state index contributed by atoms with van der Waals surface area (Å²) < 4.78 is 0. The fraction of sp³-hybridized carbons (Fsp3) is 0.533. The van der Waals surface area contributed by atoms with Crippen molar-refractivity contribution >= 4 is 17.5 Å². The molecule has 1 aromatic carbocycles. The standard InChI is InChI=1S/C15H21ClN2O/c1-3-15(9-6-10-17-15)14(19)18(2)11-12-7-4-5-8-13(12)16/h4-5,7-8,17H,3,6,9-11H2,1-2H3. The van der Waals surface area contributed by atoms with Gasteiger partial charge in [-0.2, -0.15) is 0 Å². The summed E-state index contributed by atoms with van der Waals surface area (Å²) in [5.41, 5.74) is 0.625. The number of hydrogen-bond donors (Lipinski definition) is 1. The molecule has 0 saturated carbocycles. The van der Waals surface area contributed by atoms with Gasteiger partial charge < -0.3 is 10.2 Å². The first kappa shape index (κ1) is 14.4. The number of hydrogen-bond acceptors (Lipinski definition) is 2. The first-order valence-electron chi connectivity index (χ1n) is 6.83. The Balaban J connectivity index is 2.09. The Morgan fingerprint density at radius 3 is 2.79 bits per heavy atom. The topological polar surface area (TPSA) is 32.3 Å². The predicted octanol–water partition coefficient (Wildman–Crippen LogP) is 2.83. The Kier molecular flexibility index (Phi) is 4.48. The van der Waals surface area contributed by atoms with Crippen molar-refractivity contribution in [2.75, 3.05) is 13.6 Å². The Labute approximate surface area is 119 Å². The van der Waals surface area contributed by atoms with Gasteiger partial charge >= 0.3 is 0 Å². The van der Waals surface area contributed by atoms with Crippen LogP contribution in [0, 0.1) is 0 Å². The zero-order valence-corrected chi connectivity index (χ0v) is 12.3. The van der Waals surface area contributed by atoms with Gasteiger partial charge in [0, 0.05) is 18.6 Å². The maximum absolute atomic E-state index is 12.6. The summed E-state index contributed by atoms with van der Waals surface area (Å²) in [5, 5.41) is 4.09. The number of nitrogens with one attached hydrogen (secondary N) is 1. The Morgan fingerprint density at radius 1 is 1.47 bits per heavy atom. The van der Waals surface area contributed by atoms with Gasteiger partial charge in [-0.1, -0.05) is 36.7 Å². The fourth-order valence-electron chi connectivity index (χ4n) is 2.76. The second-order valence-corrected chi connectivity index (χ2v) is 5.63. The zero-order chi connectivity index (χ0) is 13.9. The van der Waals surface area contributed by atoms with E-state index in [1.54, 1.807) is 4.90 Å². The van der Waals surface area contributed by atoms with Crippen LogP contribution >= 0.6 is 11.6 Å². The molecule has 4 heteroatoms. The van der Waals surface area contributed by atoms with Crippen molar-refractivity contribution in [3.8, 4) is 0 Å². The second-order valence-electron chi connectivity index (χ2n) is 5.22. The third-order valence-electron chi connectivity index (χ3n) is 3.97. The molecule has 1 N–H and O–H groups in total. The zero-order valence-electron chi connectivity index (χ0n) is 11.6. The minimum Gasteiger partial charge on any atom is -0.340 e. The normalized spacial score (nSPS) is 22.5. The lowest BCUT2D eigenvalue weighted by atomic mass is 9.92. The first-order valence-corrected chi connectivity index (χ1v) is 7.21. The molecule has 0 bridgehead atoms. The largest absolute Gasteiger partial charge is 0.340 e. The van der Waals surface area contributed by atoms with E-state index in [1.165, 1.54) is 0 Å². The molecule has 1 fully saturated rings. The quantitative estimate of drug-likeness (QED) is 0.920. The van der Waals surface area contributed by atoms with E-state index >= 15 is 0 Å². The number of nitrogens with zero attached hydrogens (tertiary/aromatic N) is 1. The summed E-state index contributed by atoms with van der Waals surface area (Å²) in [6.07, 6.45) is 2.83. The monoisotopic (exact) mass is 280 g/mol. The van der Waals surface area contributed by atoms with E-state index < -0.39 is 0 Å². The molecule has 0 aliphatic carbocycles. The molecule has 1 unspecified atom stereocenters. The van der Waals surface area contributed by atoms with E-state index in [4.69, 9.17) is 11.6 Å². The molecular formula is C15H21ClN2O. The molecule has 19 heavy (non-hydrogen) atoms. The molecule has 1 heterocycles. The van der Waals surface area contributed by atoms with Crippen molar-refractivity contribution in [3.63, 3.8) is 0 Å². The van der Waals surface area contributed by atoms with Gasteiger partial charge in [0.25, 0.3) is 0 Å². The summed E-state index contributed by atoms with van der Waals surface area (Å²) in [6, 6.07) is 7.67. The van der Waals surface area contributed by atoms with Crippen LogP contribution in [0.3, 0.4) is 0 Å². The average Bonchev–Trinajstić information content (AvgIpc) is 2.90. The lowest BCUT2D eigenvalue weighted by molar-refractivity contribution is -0.137. The molecule has 0 aromatic heterocycles. The Hall–Kier alpha value is -1.06. The molecule has 1 amide bonds. The van der Waals surface area contributed by atoms with Crippen LogP contribution in [0.2, 0.25) is 5.02 Å². The van der Waals surface area contributed by atoms with Crippen LogP contribution in [0.1, 0.15) is 31.7 Å². The maximum atomic E-state index is 12.6. The van der Waals surface area contributed by atoms with E-state index in [0.717, 1.165) is 31.4 Å². The second kappa shape index (κ2) is 5.93. The fourth-order valence-corrected chi connectivity index (χ4v) is 2.96. The minimum atomic E-state index is -0.365. The summed E-state index contributed by atoms with van der Waals surface area (Å²) in [4.78, 5) is 14.4. The van der Waals surface area contributed by atoms with Gasteiger partial charge in [-0.25, -0.2) is 0 Å². The number of amides is 1. The van der Waals surface area contributed by atoms with Crippen LogP contribution in [-0.4, -0.2) is 29.9 Å². The molecule has 0 radical (unpaired) electrons. The Bertz CT molecular complexity index is 455. The molecule has 2 rings (SSSR count). The number of carbonyl (C=O) groups excluding carboxylic acids is 1. The van der Waals surface area contributed by atoms with Crippen LogP contribution in [0.25, 0.3) is 0 Å². The number of benzene rings is 1. The number of halogens is 1. The predicted molar refractivity (Wildman–Crippen MR) is 78.2 cm³/mol. The van der Waals surface area contributed by atoms with E-state index in [0.29, 0.717) is 11.6 Å². The van der Waals surface area contributed by atoms with Crippen molar-refractivity contribution in [1.82, 2.24) is 10.2 Å². The van der Waals surface area contributed by atoms with E-state index in [1.807, 2.05) is 31.3 Å². The number of likely N-dealkylation sites (N-methyl/N-ethyl adjacent to an activating group) is 1. The lowest BCUT2D eigenvalue weighted by Gasteiger charge is -2.32. The van der Waals surface area contributed by atoms with Gasteiger partial charge in [-0.3, -0.25) is 4.79 Å². The van der Waals surface area contributed by atoms with Gasteiger partial charge in [0.05, 0.1) is 5.54 Å². The number of rotatable bonds is 4. The van der Waals surface area contributed by atoms with Gasteiger partial charge in [-0.05, 0) is 37.4 Å². The molecule has 1 aliphatic rings. The SMILES string of the molecule is CCC1(C(=O)N(C)Cc2ccccc2Cl)CCCN1. The van der Waals surface area contributed by atoms with Gasteiger partial charge in [0.15, 0.2) is 0 Å². The van der Waals surface area contributed by atoms with E-state index in [9.17, 15) is 4.79 Å². The van der Waals surface area contributed by atoms with Gasteiger partial charge in [-0.15, -0.1) is 0 Å². The minimum absolute atomic E-state index is 0.174. The van der Waals surface area contributed by atoms with Crippen LogP contribution < -0.4 is 5.32 Å². The van der Waals surface area contributed by atoms with Crippen molar-refractivity contribution in [2.24, 2.45) is 0 Å². The van der Waals surface area contributed by atoms with E-state index in [-0.39, 0.29) is 11.4 Å². The molecule has 1 saturated heterocycles. The molecular weight excluding hydrogens is 260 g/mol. The third-order valence-corrected chi connectivity index (χ3v) is 4.34. The van der Waals surface area contributed by atoms with Crippen molar-refractivity contribution < 1.29 is 4.79 Å². The van der Waals surface area contributed by atoms with Crippen LogP contribution in [0.4, 0.5) is 0 Å². The summed E-state index contributed by atoms with van der Waals surface area (Å²) in [5.74, 6) is 0.174.